The molecule has 2 heterocycles. The molecule has 0 aliphatic carbocycles. The topological polar surface area (TPSA) is 4.93 Å². The van der Waals surface area contributed by atoms with Crippen molar-refractivity contribution in [3.63, 3.8) is 0 Å². The fraction of sp³-hybridized carbons (Fsp3) is 0. The first-order valence-electron chi connectivity index (χ1n) is 12.9. The van der Waals surface area contributed by atoms with Gasteiger partial charge in [-0.15, -0.1) is 11.3 Å². The fourth-order valence-electron chi connectivity index (χ4n) is 5.85. The van der Waals surface area contributed by atoms with Crippen LogP contribution in [0.2, 0.25) is 0 Å². The van der Waals surface area contributed by atoms with Crippen molar-refractivity contribution in [1.29, 1.82) is 0 Å². The second-order valence-electron chi connectivity index (χ2n) is 9.78. The van der Waals surface area contributed by atoms with Gasteiger partial charge in [0.25, 0.3) is 0 Å². The Morgan fingerprint density at radius 3 is 1.92 bits per heavy atom. The van der Waals surface area contributed by atoms with E-state index in [0.717, 1.165) is 0 Å². The van der Waals surface area contributed by atoms with Crippen LogP contribution in [0.25, 0.3) is 69.9 Å². The second-order valence-corrected chi connectivity index (χ2v) is 10.9. The van der Waals surface area contributed by atoms with Gasteiger partial charge >= 0.3 is 0 Å². The standard InChI is InChI=1S/C36H23NS/c1-2-10-24(11-3-1)27-12-4-7-15-32(27)37-33-16-8-5-13-28(33)30-22-25(18-20-34(30)37)26-19-21-36-31(23-26)29-14-6-9-17-35(29)38-36/h1-23H. The average molecular weight is 502 g/mol. The highest BCUT2D eigenvalue weighted by atomic mass is 32.1. The van der Waals surface area contributed by atoms with E-state index in [0.29, 0.717) is 0 Å². The summed E-state index contributed by atoms with van der Waals surface area (Å²) in [6, 6.07) is 50.7. The Hall–Kier alpha value is -4.66. The minimum absolute atomic E-state index is 1.20. The molecule has 0 saturated heterocycles. The monoisotopic (exact) mass is 501 g/mol. The Labute approximate surface area is 224 Å². The number of thiophene rings is 1. The van der Waals surface area contributed by atoms with Crippen LogP contribution >= 0.6 is 11.3 Å². The maximum absolute atomic E-state index is 2.42. The molecule has 8 rings (SSSR count). The molecule has 2 heteroatoms. The van der Waals surface area contributed by atoms with Gasteiger partial charge in [0.15, 0.2) is 0 Å². The second kappa shape index (κ2) is 8.44. The number of fused-ring (bicyclic) bond motifs is 6. The Bertz CT molecular complexity index is 2130. The van der Waals surface area contributed by atoms with Crippen LogP contribution in [0.15, 0.2) is 140 Å². The number of para-hydroxylation sites is 2. The normalized spacial score (nSPS) is 11.7. The first-order chi connectivity index (χ1) is 18.8. The molecule has 0 fully saturated rings. The van der Waals surface area contributed by atoms with Crippen LogP contribution in [0.5, 0.6) is 0 Å². The molecule has 0 spiro atoms. The van der Waals surface area contributed by atoms with Gasteiger partial charge in [-0.3, -0.25) is 0 Å². The zero-order chi connectivity index (χ0) is 25.1. The lowest BCUT2D eigenvalue weighted by Crippen LogP contribution is -1.96. The van der Waals surface area contributed by atoms with E-state index in [1.54, 1.807) is 0 Å². The molecule has 6 aromatic carbocycles. The van der Waals surface area contributed by atoms with Crippen molar-refractivity contribution in [1.82, 2.24) is 4.57 Å². The van der Waals surface area contributed by atoms with Crippen molar-refractivity contribution in [2.24, 2.45) is 0 Å². The predicted octanol–water partition coefficient (Wildman–Crippen LogP) is 10.5. The molecule has 0 aliphatic heterocycles. The number of hydrogen-bond acceptors (Lipinski definition) is 1. The van der Waals surface area contributed by atoms with E-state index in [1.165, 1.54) is 69.9 Å². The average Bonchev–Trinajstić information content (AvgIpc) is 3.52. The smallest absolute Gasteiger partial charge is 0.0541 e. The van der Waals surface area contributed by atoms with Crippen molar-refractivity contribution >= 4 is 53.3 Å². The lowest BCUT2D eigenvalue weighted by atomic mass is 10.0. The number of aromatic nitrogens is 1. The SMILES string of the molecule is c1ccc(-c2ccccc2-n2c3ccccc3c3cc(-c4ccc5sc6ccccc6c5c4)ccc32)cc1. The third-order valence-electron chi connectivity index (χ3n) is 7.61. The zero-order valence-corrected chi connectivity index (χ0v) is 21.5. The number of rotatable bonds is 3. The van der Waals surface area contributed by atoms with Crippen LogP contribution in [0.3, 0.4) is 0 Å². The molecule has 38 heavy (non-hydrogen) atoms. The van der Waals surface area contributed by atoms with Crippen LogP contribution in [0.4, 0.5) is 0 Å². The molecule has 0 bridgehead atoms. The van der Waals surface area contributed by atoms with Crippen LogP contribution in [0.1, 0.15) is 0 Å². The molecule has 0 N–H and O–H groups in total. The van der Waals surface area contributed by atoms with E-state index in [-0.39, 0.29) is 0 Å². The maximum Gasteiger partial charge on any atom is 0.0541 e. The Balaban J connectivity index is 1.37. The predicted molar refractivity (Wildman–Crippen MR) is 165 cm³/mol. The van der Waals surface area contributed by atoms with Gasteiger partial charge in [0.2, 0.25) is 0 Å². The number of nitrogens with zero attached hydrogens (tertiary/aromatic N) is 1. The lowest BCUT2D eigenvalue weighted by molar-refractivity contribution is 1.18. The van der Waals surface area contributed by atoms with Crippen LogP contribution in [0, 0.1) is 0 Å². The van der Waals surface area contributed by atoms with Crippen LogP contribution < -0.4 is 0 Å². The molecule has 0 atom stereocenters. The van der Waals surface area contributed by atoms with Gasteiger partial charge in [-0.1, -0.05) is 97.1 Å². The first kappa shape index (κ1) is 21.4. The van der Waals surface area contributed by atoms with E-state index < -0.39 is 0 Å². The largest absolute Gasteiger partial charge is 0.309 e. The quantitative estimate of drug-likeness (QED) is 0.227. The van der Waals surface area contributed by atoms with Gasteiger partial charge in [0, 0.05) is 36.5 Å². The molecular weight excluding hydrogens is 478 g/mol. The molecule has 8 aromatic rings. The third-order valence-corrected chi connectivity index (χ3v) is 8.76. The lowest BCUT2D eigenvalue weighted by Gasteiger charge is -2.14. The Morgan fingerprint density at radius 2 is 1.03 bits per heavy atom. The van der Waals surface area contributed by atoms with Crippen molar-refractivity contribution in [2.45, 2.75) is 0 Å². The molecule has 0 unspecified atom stereocenters. The minimum Gasteiger partial charge on any atom is -0.309 e. The molecule has 2 aromatic heterocycles. The van der Waals surface area contributed by atoms with E-state index >= 15 is 0 Å². The van der Waals surface area contributed by atoms with Crippen LogP contribution in [-0.2, 0) is 0 Å². The van der Waals surface area contributed by atoms with Gasteiger partial charge < -0.3 is 4.57 Å². The summed E-state index contributed by atoms with van der Waals surface area (Å²) in [6.07, 6.45) is 0. The fourth-order valence-corrected chi connectivity index (χ4v) is 6.93. The summed E-state index contributed by atoms with van der Waals surface area (Å²) >= 11 is 1.87. The molecule has 0 saturated carbocycles. The summed E-state index contributed by atoms with van der Waals surface area (Å²) in [4.78, 5) is 0. The maximum atomic E-state index is 2.42. The van der Waals surface area contributed by atoms with Gasteiger partial charge in [0.1, 0.15) is 0 Å². The highest BCUT2D eigenvalue weighted by molar-refractivity contribution is 7.25. The summed E-state index contributed by atoms with van der Waals surface area (Å²) in [5, 5.41) is 5.22. The van der Waals surface area contributed by atoms with E-state index in [1.807, 2.05) is 11.3 Å². The van der Waals surface area contributed by atoms with Gasteiger partial charge in [0.05, 0.1) is 16.7 Å². The van der Waals surface area contributed by atoms with Crippen molar-refractivity contribution in [3.8, 4) is 27.9 Å². The van der Waals surface area contributed by atoms with Crippen LogP contribution in [-0.4, -0.2) is 4.57 Å². The van der Waals surface area contributed by atoms with Gasteiger partial charge in [-0.25, -0.2) is 0 Å². The highest BCUT2D eigenvalue weighted by Gasteiger charge is 2.16. The molecule has 0 radical (unpaired) electrons. The summed E-state index contributed by atoms with van der Waals surface area (Å²) in [5.74, 6) is 0. The summed E-state index contributed by atoms with van der Waals surface area (Å²) < 4.78 is 5.10. The molecule has 1 nitrogen and oxygen atoms in total. The summed E-state index contributed by atoms with van der Waals surface area (Å²) in [7, 11) is 0. The molecule has 0 aliphatic rings. The third kappa shape index (κ3) is 3.24. The number of benzene rings is 6. The Morgan fingerprint density at radius 1 is 0.395 bits per heavy atom. The van der Waals surface area contributed by atoms with E-state index in [2.05, 4.69) is 144 Å². The Kier molecular flexibility index (Phi) is 4.76. The van der Waals surface area contributed by atoms with Crippen molar-refractivity contribution < 1.29 is 0 Å². The van der Waals surface area contributed by atoms with Gasteiger partial charge in [-0.2, -0.15) is 0 Å². The van der Waals surface area contributed by atoms with E-state index in [9.17, 15) is 0 Å². The molecule has 178 valence electrons. The first-order valence-corrected chi connectivity index (χ1v) is 13.8. The summed E-state index contributed by atoms with van der Waals surface area (Å²) in [5.41, 5.74) is 8.60. The van der Waals surface area contributed by atoms with Gasteiger partial charge in [-0.05, 0) is 59.2 Å². The van der Waals surface area contributed by atoms with E-state index in [4.69, 9.17) is 0 Å². The van der Waals surface area contributed by atoms with Crippen molar-refractivity contribution in [2.75, 3.05) is 0 Å². The summed E-state index contributed by atoms with van der Waals surface area (Å²) in [6.45, 7) is 0. The molecule has 0 amide bonds. The highest BCUT2D eigenvalue weighted by Crippen LogP contribution is 2.40. The molecular formula is C36H23NS. The minimum atomic E-state index is 1.20. The zero-order valence-electron chi connectivity index (χ0n) is 20.6. The number of hydrogen-bond donors (Lipinski definition) is 0. The van der Waals surface area contributed by atoms with Crippen molar-refractivity contribution in [3.05, 3.63) is 140 Å².